The van der Waals surface area contributed by atoms with Gasteiger partial charge in [0.15, 0.2) is 0 Å². The van der Waals surface area contributed by atoms with Gasteiger partial charge in [-0.25, -0.2) is 36.8 Å². The molecule has 3 fully saturated rings. The maximum absolute atomic E-state index is 12.1. The van der Waals surface area contributed by atoms with Crippen LogP contribution < -0.4 is 34.4 Å². The molecule has 0 aliphatic carbocycles. The minimum absolute atomic E-state index is 0.321. The SMILES string of the molecule is C[C@@H](O)CN1CCN(c2ccc(Nc3ncc4ccn(Cc5cccnc5N(C)S(C)(=O)=O)c4n3)cc2)C[C@@H]1C.C[C@@H]1CO1.C[C@H]1CN(c2ccc(Nc3ncc4ccn(Cc5cccnc5N(C)S(C)(=O)=O)c4n3)cc2)CCN1. The van der Waals surface area contributed by atoms with E-state index >= 15 is 0 Å². The Kier molecular flexibility index (Phi) is 17.8. The third-order valence-corrected chi connectivity index (χ3v) is 16.5. The predicted octanol–water partition coefficient (Wildman–Crippen LogP) is 6.12. The lowest BCUT2D eigenvalue weighted by Gasteiger charge is -2.41. The van der Waals surface area contributed by atoms with E-state index in [0.717, 1.165) is 102 Å². The lowest BCUT2D eigenvalue weighted by Crippen LogP contribution is -2.53. The van der Waals surface area contributed by atoms with Gasteiger partial charge in [0.05, 0.1) is 44.4 Å². The maximum atomic E-state index is 12.1. The molecule has 11 rings (SSSR count). The lowest BCUT2D eigenvalue weighted by molar-refractivity contribution is 0.0960. The topological polar surface area (TPSA) is 241 Å². The second kappa shape index (κ2) is 24.9. The first-order chi connectivity index (χ1) is 38.2. The van der Waals surface area contributed by atoms with E-state index in [-0.39, 0.29) is 6.10 Å². The Labute approximate surface area is 468 Å². The summed E-state index contributed by atoms with van der Waals surface area (Å²) in [6.45, 7) is 16.5. The van der Waals surface area contributed by atoms with Crippen LogP contribution in [0.3, 0.4) is 0 Å². The van der Waals surface area contributed by atoms with E-state index in [2.05, 4.69) is 95.6 Å². The first kappa shape index (κ1) is 57.2. The van der Waals surface area contributed by atoms with Crippen molar-refractivity contribution in [2.75, 3.05) is 108 Å². The highest BCUT2D eigenvalue weighted by Gasteiger charge is 2.25. The number of epoxide rings is 1. The highest BCUT2D eigenvalue weighted by Crippen LogP contribution is 2.28. The summed E-state index contributed by atoms with van der Waals surface area (Å²) < 4.78 is 59.4. The van der Waals surface area contributed by atoms with Crippen molar-refractivity contribution < 1.29 is 26.7 Å². The van der Waals surface area contributed by atoms with E-state index in [1.165, 1.54) is 34.6 Å². The number of piperazine rings is 2. The summed E-state index contributed by atoms with van der Waals surface area (Å²) in [4.78, 5) is 34.2. The lowest BCUT2D eigenvalue weighted by atomic mass is 10.1. The van der Waals surface area contributed by atoms with Gasteiger partial charge in [0, 0.05) is 154 Å². The molecule has 9 heterocycles. The Bertz CT molecular complexity index is 3600. The van der Waals surface area contributed by atoms with Crippen molar-refractivity contribution in [3.05, 3.63) is 133 Å². The van der Waals surface area contributed by atoms with Crippen LogP contribution >= 0.6 is 0 Å². The van der Waals surface area contributed by atoms with E-state index in [1.54, 1.807) is 36.9 Å². The molecular formula is C56H72N16O6S2. The number of ether oxygens (including phenoxy) is 1. The average Bonchev–Trinajstić information content (AvgIpc) is 3.98. The fourth-order valence-corrected chi connectivity index (χ4v) is 10.5. The van der Waals surface area contributed by atoms with Crippen molar-refractivity contribution in [1.29, 1.82) is 0 Å². The molecule has 3 aliphatic rings. The van der Waals surface area contributed by atoms with Crippen LogP contribution in [0.5, 0.6) is 0 Å². The zero-order valence-electron chi connectivity index (χ0n) is 46.5. The number of aromatic nitrogens is 8. The molecule has 0 radical (unpaired) electrons. The molecule has 4 atom stereocenters. The zero-order valence-corrected chi connectivity index (χ0v) is 48.2. The summed E-state index contributed by atoms with van der Waals surface area (Å²) in [6.07, 6.45) is 13.2. The van der Waals surface area contributed by atoms with Gasteiger partial charge in [-0.05, 0) is 100 Å². The fraction of sp³-hybridized carbons (Fsp3) is 0.393. The quantitative estimate of drug-likeness (QED) is 0.0797. The summed E-state index contributed by atoms with van der Waals surface area (Å²) in [5.41, 5.74) is 7.16. The zero-order chi connectivity index (χ0) is 56.7. The molecule has 0 bridgehead atoms. The number of pyridine rings is 2. The van der Waals surface area contributed by atoms with Crippen molar-refractivity contribution in [1.82, 2.24) is 49.3 Å². The molecule has 6 aromatic heterocycles. The number of anilines is 8. The minimum Gasteiger partial charge on any atom is -0.392 e. The highest BCUT2D eigenvalue weighted by molar-refractivity contribution is 7.92. The minimum atomic E-state index is -3.45. The van der Waals surface area contributed by atoms with Gasteiger partial charge in [0.2, 0.25) is 31.9 Å². The van der Waals surface area contributed by atoms with Gasteiger partial charge in [-0.2, -0.15) is 9.97 Å². The molecule has 0 spiro atoms. The number of fused-ring (bicyclic) bond motifs is 2. The Morgan fingerprint density at radius 2 is 1.14 bits per heavy atom. The van der Waals surface area contributed by atoms with E-state index < -0.39 is 20.0 Å². The van der Waals surface area contributed by atoms with Gasteiger partial charge in [-0.15, -0.1) is 0 Å². The van der Waals surface area contributed by atoms with Crippen molar-refractivity contribution in [3.8, 4) is 0 Å². The number of nitrogens with zero attached hydrogens (tertiary/aromatic N) is 13. The number of β-amino-alcohol motifs (C(OH)–C–C–N with tert-alkyl or cyclic N) is 1. The monoisotopic (exact) mass is 1130 g/mol. The third kappa shape index (κ3) is 14.7. The van der Waals surface area contributed by atoms with Gasteiger partial charge in [0.1, 0.15) is 22.9 Å². The normalized spacial score (nSPS) is 17.9. The number of rotatable bonds is 16. The molecule has 24 heteroatoms. The summed E-state index contributed by atoms with van der Waals surface area (Å²) in [6, 6.07) is 28.6. The van der Waals surface area contributed by atoms with E-state index in [1.807, 2.05) is 77.0 Å². The molecule has 4 N–H and O–H groups in total. The van der Waals surface area contributed by atoms with Crippen molar-refractivity contribution in [3.63, 3.8) is 0 Å². The van der Waals surface area contributed by atoms with Crippen LogP contribution in [0.2, 0.25) is 0 Å². The molecule has 3 saturated heterocycles. The molecule has 3 aliphatic heterocycles. The van der Waals surface area contributed by atoms with Crippen LogP contribution in [0.1, 0.15) is 38.8 Å². The van der Waals surface area contributed by atoms with E-state index in [0.29, 0.717) is 61.4 Å². The van der Waals surface area contributed by atoms with Gasteiger partial charge in [-0.1, -0.05) is 12.1 Å². The second-order valence-corrected chi connectivity index (χ2v) is 24.7. The second-order valence-electron chi connectivity index (χ2n) is 20.7. The number of aliphatic hydroxyl groups is 1. The van der Waals surface area contributed by atoms with Crippen LogP contribution in [0, 0.1) is 0 Å². The Morgan fingerprint density at radius 1 is 0.675 bits per heavy atom. The largest absolute Gasteiger partial charge is 0.392 e. The van der Waals surface area contributed by atoms with Crippen LogP contribution in [0.4, 0.5) is 46.3 Å². The number of aliphatic hydroxyl groups excluding tert-OH is 1. The first-order valence-corrected chi connectivity index (χ1v) is 30.4. The van der Waals surface area contributed by atoms with Gasteiger partial charge < -0.3 is 44.7 Å². The van der Waals surface area contributed by atoms with Crippen LogP contribution in [-0.2, 0) is 37.9 Å². The predicted molar refractivity (Wildman–Crippen MR) is 318 cm³/mol. The van der Waals surface area contributed by atoms with Crippen molar-refractivity contribution in [2.45, 2.75) is 65.1 Å². The van der Waals surface area contributed by atoms with Crippen LogP contribution in [0.15, 0.2) is 122 Å². The average molecular weight is 1130 g/mol. The Balaban J connectivity index is 0.000000181. The molecule has 0 amide bonds. The van der Waals surface area contributed by atoms with Crippen LogP contribution in [-0.4, -0.2) is 169 Å². The molecular weight excluding hydrogens is 1060 g/mol. The van der Waals surface area contributed by atoms with Gasteiger partial charge in [-0.3, -0.25) is 13.5 Å². The highest BCUT2D eigenvalue weighted by atomic mass is 32.2. The molecule has 22 nitrogen and oxygen atoms in total. The number of hydrogen-bond donors (Lipinski definition) is 4. The first-order valence-electron chi connectivity index (χ1n) is 26.7. The standard InChI is InChI=1S/C28H36N8O3S.C25H30N8O2S.C3H6O/c1-20-17-35(15-14-34(20)18-21(2)37)25-9-7-24(8-10-25)31-28-30-16-22-11-13-36(27(22)32-28)19-23-6-5-12-29-26(23)33(3)40(4,38)39;1-18-16-32(14-12-26-18)22-8-6-21(7-9-22)29-25-28-15-19-10-13-33(24(19)30-25)17-20-5-4-11-27-23(20)31(2)36(3,34)35;1-3-2-4-3/h5-13,16,20-21,37H,14-15,17-19H2,1-4H3,(H,30,31,32);4-11,13,15,18,26H,12,14,16-17H2,1-3H3,(H,28,29,30);3H,2H2,1H3/t20-,21+;18-;3-/m001/s1. The molecule has 0 unspecified atom stereocenters. The van der Waals surface area contributed by atoms with Crippen molar-refractivity contribution in [2.24, 2.45) is 0 Å². The molecule has 80 heavy (non-hydrogen) atoms. The molecule has 2 aromatic carbocycles. The maximum Gasteiger partial charge on any atom is 0.233 e. The molecule has 424 valence electrons. The summed E-state index contributed by atoms with van der Waals surface area (Å²) in [5.74, 6) is 1.75. The van der Waals surface area contributed by atoms with Gasteiger partial charge in [0.25, 0.3) is 0 Å². The molecule has 0 saturated carbocycles. The van der Waals surface area contributed by atoms with E-state index in [9.17, 15) is 21.9 Å². The van der Waals surface area contributed by atoms with Crippen molar-refractivity contribution >= 4 is 88.4 Å². The number of hydrogen-bond acceptors (Lipinski definition) is 18. The Morgan fingerprint density at radius 3 is 1.55 bits per heavy atom. The fourth-order valence-electron chi connectivity index (χ4n) is 9.55. The number of nitrogens with one attached hydrogen (secondary N) is 3. The Hall–Kier alpha value is -7.48. The van der Waals surface area contributed by atoms with Crippen LogP contribution in [0.25, 0.3) is 22.1 Å². The summed E-state index contributed by atoms with van der Waals surface area (Å²) >= 11 is 0. The summed E-state index contributed by atoms with van der Waals surface area (Å²) in [5, 5.41) is 21.6. The summed E-state index contributed by atoms with van der Waals surface area (Å²) in [7, 11) is -3.87. The molecule has 8 aromatic rings. The van der Waals surface area contributed by atoms with Gasteiger partial charge >= 0.3 is 0 Å². The smallest absolute Gasteiger partial charge is 0.233 e. The third-order valence-electron chi connectivity index (χ3n) is 14.1. The number of sulfonamides is 2. The number of benzene rings is 2. The van der Waals surface area contributed by atoms with E-state index in [4.69, 9.17) is 14.7 Å².